The quantitative estimate of drug-likeness (QED) is 0.444. The lowest BCUT2D eigenvalue weighted by Crippen LogP contribution is -2.05. The molecular formula is C18H16F3NO2. The molecule has 0 unspecified atom stereocenters. The normalized spacial score (nSPS) is 12.1. The molecule has 0 aliphatic heterocycles. The number of benzene rings is 2. The fourth-order valence-electron chi connectivity index (χ4n) is 2.16. The van der Waals surface area contributed by atoms with Gasteiger partial charge in [0, 0.05) is 5.56 Å². The van der Waals surface area contributed by atoms with Gasteiger partial charge in [0.05, 0.1) is 11.3 Å². The Morgan fingerprint density at radius 2 is 1.96 bits per heavy atom. The second-order valence-electron chi connectivity index (χ2n) is 5.18. The van der Waals surface area contributed by atoms with Crippen molar-refractivity contribution in [2.45, 2.75) is 26.4 Å². The highest BCUT2D eigenvalue weighted by atomic mass is 19.4. The molecule has 0 amide bonds. The Morgan fingerprint density at radius 1 is 1.21 bits per heavy atom. The minimum atomic E-state index is -4.43. The smallest absolute Gasteiger partial charge is 0.357 e. The molecule has 0 spiro atoms. The van der Waals surface area contributed by atoms with Crippen LogP contribution in [0.1, 0.15) is 40.9 Å². The summed E-state index contributed by atoms with van der Waals surface area (Å²) in [6.07, 6.45) is -2.96. The minimum Gasteiger partial charge on any atom is -0.357 e. The summed E-state index contributed by atoms with van der Waals surface area (Å²) in [6.45, 7) is 3.61. The van der Waals surface area contributed by atoms with E-state index in [0.717, 1.165) is 29.5 Å². The van der Waals surface area contributed by atoms with Crippen LogP contribution in [-0.4, -0.2) is 12.0 Å². The van der Waals surface area contributed by atoms with Gasteiger partial charge < -0.3 is 4.84 Å². The summed E-state index contributed by atoms with van der Waals surface area (Å²) in [6, 6.07) is 9.74. The van der Waals surface area contributed by atoms with Crippen LogP contribution in [0.5, 0.6) is 5.75 Å². The van der Waals surface area contributed by atoms with Crippen molar-refractivity contribution in [1.29, 1.82) is 0 Å². The Hall–Kier alpha value is -2.63. The number of oxime groups is 1. The number of hydrogen-bond donors (Lipinski definition) is 0. The molecule has 24 heavy (non-hydrogen) atoms. The number of halogens is 3. The van der Waals surface area contributed by atoms with Gasteiger partial charge in [0.15, 0.2) is 5.75 Å². The minimum absolute atomic E-state index is 0.00408. The topological polar surface area (TPSA) is 38.7 Å². The van der Waals surface area contributed by atoms with E-state index < -0.39 is 11.7 Å². The molecule has 0 radical (unpaired) electrons. The van der Waals surface area contributed by atoms with Gasteiger partial charge >= 0.3 is 6.18 Å². The van der Waals surface area contributed by atoms with E-state index in [0.29, 0.717) is 17.7 Å². The number of carbonyl (C=O) groups excluding carboxylic acids is 1. The zero-order valence-electron chi connectivity index (χ0n) is 13.2. The highest BCUT2D eigenvalue weighted by Gasteiger charge is 2.30. The van der Waals surface area contributed by atoms with Crippen molar-refractivity contribution >= 4 is 12.0 Å². The lowest BCUT2D eigenvalue weighted by Gasteiger charge is -2.08. The van der Waals surface area contributed by atoms with Crippen LogP contribution in [0.3, 0.4) is 0 Å². The van der Waals surface area contributed by atoms with Gasteiger partial charge in [-0.25, -0.2) is 0 Å². The van der Waals surface area contributed by atoms with Gasteiger partial charge in [0.25, 0.3) is 0 Å². The van der Waals surface area contributed by atoms with Crippen molar-refractivity contribution in [1.82, 2.24) is 0 Å². The molecule has 6 heteroatoms. The molecule has 0 saturated carbocycles. The Balaban J connectivity index is 2.22. The first-order valence-corrected chi connectivity index (χ1v) is 7.32. The van der Waals surface area contributed by atoms with Crippen molar-refractivity contribution in [3.05, 3.63) is 64.7 Å². The third kappa shape index (κ3) is 4.22. The van der Waals surface area contributed by atoms with Gasteiger partial charge in [-0.15, -0.1) is 0 Å². The Labute approximate surface area is 137 Å². The molecule has 0 atom stereocenters. The number of nitrogens with zero attached hydrogens (tertiary/aromatic N) is 1. The number of rotatable bonds is 5. The van der Waals surface area contributed by atoms with Gasteiger partial charge in [0.2, 0.25) is 0 Å². The summed E-state index contributed by atoms with van der Waals surface area (Å²) in [5.41, 5.74) is 1.92. The van der Waals surface area contributed by atoms with E-state index in [1.54, 1.807) is 19.1 Å². The summed E-state index contributed by atoms with van der Waals surface area (Å²) < 4.78 is 38.0. The van der Waals surface area contributed by atoms with E-state index in [1.807, 2.05) is 13.0 Å². The van der Waals surface area contributed by atoms with Gasteiger partial charge in [-0.3, -0.25) is 4.79 Å². The molecule has 0 bridgehead atoms. The van der Waals surface area contributed by atoms with Gasteiger partial charge in [0.1, 0.15) is 6.29 Å². The van der Waals surface area contributed by atoms with Crippen LogP contribution < -0.4 is 4.84 Å². The van der Waals surface area contributed by atoms with E-state index in [4.69, 9.17) is 4.84 Å². The van der Waals surface area contributed by atoms with Crippen LogP contribution in [0, 0.1) is 0 Å². The van der Waals surface area contributed by atoms with Crippen molar-refractivity contribution in [2.24, 2.45) is 5.16 Å². The zero-order valence-corrected chi connectivity index (χ0v) is 13.2. The maximum Gasteiger partial charge on any atom is 0.416 e. The first kappa shape index (κ1) is 17.7. The van der Waals surface area contributed by atoms with Gasteiger partial charge in [-0.2, -0.15) is 13.2 Å². The van der Waals surface area contributed by atoms with Crippen molar-refractivity contribution in [3.63, 3.8) is 0 Å². The number of alkyl halides is 3. The lowest BCUT2D eigenvalue weighted by atomic mass is 10.0. The fraction of sp³-hybridized carbons (Fsp3) is 0.222. The lowest BCUT2D eigenvalue weighted by molar-refractivity contribution is -0.137. The highest BCUT2D eigenvalue weighted by Crippen LogP contribution is 2.31. The van der Waals surface area contributed by atoms with E-state index >= 15 is 0 Å². The predicted octanol–water partition coefficient (Wildman–Crippen LogP) is 4.88. The molecule has 2 aromatic carbocycles. The van der Waals surface area contributed by atoms with Gasteiger partial charge in [-0.1, -0.05) is 30.3 Å². The highest BCUT2D eigenvalue weighted by molar-refractivity contribution is 5.99. The largest absolute Gasteiger partial charge is 0.416 e. The molecule has 2 rings (SSSR count). The van der Waals surface area contributed by atoms with Crippen molar-refractivity contribution in [2.75, 3.05) is 0 Å². The maximum absolute atomic E-state index is 12.7. The summed E-state index contributed by atoms with van der Waals surface area (Å²) in [4.78, 5) is 16.1. The predicted molar refractivity (Wildman–Crippen MR) is 85.5 cm³/mol. The molecular weight excluding hydrogens is 319 g/mol. The van der Waals surface area contributed by atoms with Crippen LogP contribution in [-0.2, 0) is 12.6 Å². The number of aryl methyl sites for hydroxylation is 1. The molecule has 0 aliphatic carbocycles. The standard InChI is InChI=1S/C18H16F3NO2/c1-3-13-9-14(7-8-15(13)11-23)12(2)22-24-17-6-4-5-16(10-17)18(19,20)21/h4-11H,3H2,1-2H3/b22-12+. The third-order valence-corrected chi connectivity index (χ3v) is 3.52. The Kier molecular flexibility index (Phi) is 5.39. The molecule has 0 fully saturated rings. The molecule has 0 aromatic heterocycles. The van der Waals surface area contributed by atoms with Crippen LogP contribution in [0.4, 0.5) is 13.2 Å². The van der Waals surface area contributed by atoms with Crippen LogP contribution >= 0.6 is 0 Å². The Morgan fingerprint density at radius 3 is 2.58 bits per heavy atom. The molecule has 126 valence electrons. The molecule has 2 aromatic rings. The van der Waals surface area contributed by atoms with E-state index in [1.165, 1.54) is 12.1 Å². The monoisotopic (exact) mass is 335 g/mol. The molecule has 0 heterocycles. The number of carbonyl (C=O) groups is 1. The van der Waals surface area contributed by atoms with E-state index in [9.17, 15) is 18.0 Å². The molecule has 3 nitrogen and oxygen atoms in total. The summed E-state index contributed by atoms with van der Waals surface area (Å²) >= 11 is 0. The summed E-state index contributed by atoms with van der Waals surface area (Å²) in [7, 11) is 0. The molecule has 0 N–H and O–H groups in total. The summed E-state index contributed by atoms with van der Waals surface area (Å²) in [5.74, 6) is 0.00408. The SMILES string of the molecule is CCc1cc(/C(C)=N/Oc2cccc(C(F)(F)F)c2)ccc1C=O. The second kappa shape index (κ2) is 7.29. The van der Waals surface area contributed by atoms with Crippen molar-refractivity contribution in [3.8, 4) is 5.75 Å². The molecule has 0 saturated heterocycles. The maximum atomic E-state index is 12.7. The van der Waals surface area contributed by atoms with Crippen LogP contribution in [0.15, 0.2) is 47.6 Å². The summed E-state index contributed by atoms with van der Waals surface area (Å²) in [5, 5.41) is 3.88. The van der Waals surface area contributed by atoms with E-state index in [-0.39, 0.29) is 5.75 Å². The van der Waals surface area contributed by atoms with Crippen LogP contribution in [0.2, 0.25) is 0 Å². The fourth-order valence-corrected chi connectivity index (χ4v) is 2.16. The second-order valence-corrected chi connectivity index (χ2v) is 5.18. The first-order valence-electron chi connectivity index (χ1n) is 7.32. The van der Waals surface area contributed by atoms with Gasteiger partial charge in [-0.05, 0) is 48.7 Å². The van der Waals surface area contributed by atoms with Crippen molar-refractivity contribution < 1.29 is 22.8 Å². The first-order chi connectivity index (χ1) is 11.3. The molecule has 0 aliphatic rings. The number of aldehydes is 1. The third-order valence-electron chi connectivity index (χ3n) is 3.52. The van der Waals surface area contributed by atoms with E-state index in [2.05, 4.69) is 5.16 Å². The average Bonchev–Trinajstić information content (AvgIpc) is 2.58. The zero-order chi connectivity index (χ0) is 17.7. The Bertz CT molecular complexity index is 767. The van der Waals surface area contributed by atoms with Crippen LogP contribution in [0.25, 0.3) is 0 Å². The average molecular weight is 335 g/mol. The number of hydrogen-bond acceptors (Lipinski definition) is 3.